The first kappa shape index (κ1) is 18.1. The molecule has 1 aliphatic heterocycles. The number of nitrogens with one attached hydrogen (secondary N) is 1. The summed E-state index contributed by atoms with van der Waals surface area (Å²) in [6.45, 7) is 5.47. The summed E-state index contributed by atoms with van der Waals surface area (Å²) in [4.78, 5) is 26.1. The number of hydrogen-bond donors (Lipinski definition) is 1. The van der Waals surface area contributed by atoms with E-state index in [-0.39, 0.29) is 30.5 Å². The van der Waals surface area contributed by atoms with Crippen LogP contribution in [0.15, 0.2) is 30.3 Å². The molecule has 2 heterocycles. The molecule has 1 unspecified atom stereocenters. The van der Waals surface area contributed by atoms with Crippen molar-refractivity contribution >= 4 is 11.8 Å². The lowest BCUT2D eigenvalue weighted by Gasteiger charge is -2.17. The molecule has 1 aromatic carbocycles. The molecule has 0 saturated carbocycles. The number of halogens is 1. The zero-order chi connectivity index (χ0) is 18.7. The average molecular weight is 358 g/mol. The van der Waals surface area contributed by atoms with E-state index in [4.69, 9.17) is 0 Å². The fraction of sp³-hybridized carbons (Fsp3) is 0.421. The molecule has 1 saturated heterocycles. The number of amides is 2. The maximum atomic E-state index is 13.6. The topological polar surface area (TPSA) is 67.2 Å². The van der Waals surface area contributed by atoms with Gasteiger partial charge in [0.2, 0.25) is 5.91 Å². The summed E-state index contributed by atoms with van der Waals surface area (Å²) in [5.74, 6) is -1.08. The normalized spacial score (nSPS) is 16.7. The van der Waals surface area contributed by atoms with Crippen molar-refractivity contribution in [3.63, 3.8) is 0 Å². The Balaban J connectivity index is 1.48. The maximum Gasteiger partial charge on any atom is 0.254 e. The number of nitrogens with zero attached hydrogens (tertiary/aromatic N) is 3. The molecular formula is C19H23FN4O2. The molecule has 7 heteroatoms. The molecule has 1 fully saturated rings. The minimum absolute atomic E-state index is 0.00860. The SMILES string of the molecule is Cc1cc(C)n(C2CCN(C(=O)CCNC(=O)c3ccccc3F)C2)n1. The van der Waals surface area contributed by atoms with Gasteiger partial charge in [0, 0.05) is 31.7 Å². The molecule has 1 aliphatic rings. The van der Waals surface area contributed by atoms with E-state index in [2.05, 4.69) is 10.4 Å². The third kappa shape index (κ3) is 3.92. The zero-order valence-corrected chi connectivity index (χ0v) is 15.0. The van der Waals surface area contributed by atoms with Crippen LogP contribution in [0.25, 0.3) is 0 Å². The molecule has 1 aromatic heterocycles. The molecule has 0 bridgehead atoms. The molecule has 3 rings (SSSR count). The van der Waals surface area contributed by atoms with Gasteiger partial charge in [0.1, 0.15) is 5.82 Å². The standard InChI is InChI=1S/C19H23FN4O2/c1-13-11-14(2)24(22-13)15-8-10-23(12-15)18(25)7-9-21-19(26)16-5-3-4-6-17(16)20/h3-6,11,15H,7-10,12H2,1-2H3,(H,21,26). The Hall–Kier alpha value is -2.70. The minimum Gasteiger partial charge on any atom is -0.351 e. The molecule has 138 valence electrons. The average Bonchev–Trinajstić information content (AvgIpc) is 3.21. The first-order valence-corrected chi connectivity index (χ1v) is 8.79. The minimum atomic E-state index is -0.566. The molecule has 2 amide bonds. The van der Waals surface area contributed by atoms with E-state index in [9.17, 15) is 14.0 Å². The first-order chi connectivity index (χ1) is 12.5. The highest BCUT2D eigenvalue weighted by Gasteiger charge is 2.28. The number of likely N-dealkylation sites (tertiary alicyclic amines) is 1. The van der Waals surface area contributed by atoms with Crippen LogP contribution in [0.1, 0.15) is 40.6 Å². The van der Waals surface area contributed by atoms with Crippen LogP contribution >= 0.6 is 0 Å². The van der Waals surface area contributed by atoms with Gasteiger partial charge in [-0.15, -0.1) is 0 Å². The molecule has 6 nitrogen and oxygen atoms in total. The van der Waals surface area contributed by atoms with Gasteiger partial charge in [-0.2, -0.15) is 5.10 Å². The van der Waals surface area contributed by atoms with Crippen LogP contribution in [0, 0.1) is 19.7 Å². The summed E-state index contributed by atoms with van der Waals surface area (Å²) < 4.78 is 15.6. The van der Waals surface area contributed by atoms with Crippen molar-refractivity contribution in [2.75, 3.05) is 19.6 Å². The molecule has 0 aliphatic carbocycles. The Bertz CT molecular complexity index is 818. The van der Waals surface area contributed by atoms with E-state index >= 15 is 0 Å². The zero-order valence-electron chi connectivity index (χ0n) is 15.0. The number of rotatable bonds is 5. The fourth-order valence-corrected chi connectivity index (χ4v) is 3.37. The van der Waals surface area contributed by atoms with Crippen LogP contribution in [-0.4, -0.2) is 46.1 Å². The summed E-state index contributed by atoms with van der Waals surface area (Å²) in [7, 11) is 0. The molecule has 0 spiro atoms. The van der Waals surface area contributed by atoms with Crippen molar-refractivity contribution in [2.45, 2.75) is 32.7 Å². The third-order valence-corrected chi connectivity index (χ3v) is 4.65. The van der Waals surface area contributed by atoms with Crippen molar-refractivity contribution in [1.29, 1.82) is 0 Å². The molecule has 1 N–H and O–H groups in total. The van der Waals surface area contributed by atoms with E-state index in [1.54, 1.807) is 11.0 Å². The molecule has 0 radical (unpaired) electrons. The summed E-state index contributed by atoms with van der Waals surface area (Å²) in [6, 6.07) is 8.02. The Kier molecular flexibility index (Phi) is 5.35. The number of hydrogen-bond acceptors (Lipinski definition) is 3. The second kappa shape index (κ2) is 7.68. The van der Waals surface area contributed by atoms with Crippen LogP contribution in [-0.2, 0) is 4.79 Å². The van der Waals surface area contributed by atoms with Gasteiger partial charge in [0.25, 0.3) is 5.91 Å². The Morgan fingerprint density at radius 3 is 2.77 bits per heavy atom. The van der Waals surface area contributed by atoms with E-state index < -0.39 is 11.7 Å². The quantitative estimate of drug-likeness (QED) is 0.891. The Morgan fingerprint density at radius 2 is 2.08 bits per heavy atom. The lowest BCUT2D eigenvalue weighted by molar-refractivity contribution is -0.130. The number of aromatic nitrogens is 2. The Labute approximate surface area is 152 Å². The predicted molar refractivity (Wildman–Crippen MR) is 95.3 cm³/mol. The van der Waals surface area contributed by atoms with Crippen LogP contribution < -0.4 is 5.32 Å². The van der Waals surface area contributed by atoms with Crippen molar-refractivity contribution in [1.82, 2.24) is 20.0 Å². The largest absolute Gasteiger partial charge is 0.351 e. The number of benzene rings is 1. The van der Waals surface area contributed by atoms with Gasteiger partial charge in [-0.25, -0.2) is 4.39 Å². The van der Waals surface area contributed by atoms with Crippen LogP contribution in [0.2, 0.25) is 0 Å². The van der Waals surface area contributed by atoms with Crippen molar-refractivity contribution in [2.24, 2.45) is 0 Å². The molecule has 26 heavy (non-hydrogen) atoms. The van der Waals surface area contributed by atoms with Gasteiger partial charge < -0.3 is 10.2 Å². The lowest BCUT2D eigenvalue weighted by atomic mass is 10.2. The predicted octanol–water partition coefficient (Wildman–Crippen LogP) is 2.23. The van der Waals surface area contributed by atoms with Gasteiger partial charge in [-0.1, -0.05) is 12.1 Å². The van der Waals surface area contributed by atoms with Gasteiger partial charge in [0.05, 0.1) is 17.3 Å². The van der Waals surface area contributed by atoms with E-state index in [0.29, 0.717) is 13.1 Å². The Morgan fingerprint density at radius 1 is 1.31 bits per heavy atom. The van der Waals surface area contributed by atoms with Crippen LogP contribution in [0.3, 0.4) is 0 Å². The summed E-state index contributed by atoms with van der Waals surface area (Å²) in [5.41, 5.74) is 2.06. The summed E-state index contributed by atoms with van der Waals surface area (Å²) >= 11 is 0. The molecule has 2 aromatic rings. The van der Waals surface area contributed by atoms with Crippen LogP contribution in [0.4, 0.5) is 4.39 Å². The number of carbonyl (C=O) groups is 2. The van der Waals surface area contributed by atoms with E-state index in [0.717, 1.165) is 17.8 Å². The number of carbonyl (C=O) groups excluding carboxylic acids is 2. The van der Waals surface area contributed by atoms with Crippen molar-refractivity contribution < 1.29 is 14.0 Å². The third-order valence-electron chi connectivity index (χ3n) is 4.65. The summed E-state index contributed by atoms with van der Waals surface area (Å²) in [6.07, 6.45) is 1.07. The number of aryl methyl sites for hydroxylation is 2. The van der Waals surface area contributed by atoms with Gasteiger partial charge in [-0.3, -0.25) is 14.3 Å². The lowest BCUT2D eigenvalue weighted by Crippen LogP contribution is -2.33. The van der Waals surface area contributed by atoms with Crippen molar-refractivity contribution in [3.8, 4) is 0 Å². The van der Waals surface area contributed by atoms with Crippen molar-refractivity contribution in [3.05, 3.63) is 53.1 Å². The van der Waals surface area contributed by atoms with E-state index in [1.165, 1.54) is 18.2 Å². The first-order valence-electron chi connectivity index (χ1n) is 8.79. The highest BCUT2D eigenvalue weighted by Crippen LogP contribution is 2.23. The molecule has 1 atom stereocenters. The smallest absolute Gasteiger partial charge is 0.254 e. The highest BCUT2D eigenvalue weighted by molar-refractivity contribution is 5.94. The van der Waals surface area contributed by atoms with Gasteiger partial charge in [-0.05, 0) is 38.5 Å². The second-order valence-electron chi connectivity index (χ2n) is 6.64. The fourth-order valence-electron chi connectivity index (χ4n) is 3.37. The highest BCUT2D eigenvalue weighted by atomic mass is 19.1. The van der Waals surface area contributed by atoms with Gasteiger partial charge in [0.15, 0.2) is 0 Å². The second-order valence-corrected chi connectivity index (χ2v) is 6.64. The summed E-state index contributed by atoms with van der Waals surface area (Å²) in [5, 5.41) is 7.10. The van der Waals surface area contributed by atoms with Crippen LogP contribution in [0.5, 0.6) is 0 Å². The maximum absolute atomic E-state index is 13.6. The molecular weight excluding hydrogens is 335 g/mol. The van der Waals surface area contributed by atoms with Gasteiger partial charge >= 0.3 is 0 Å². The monoisotopic (exact) mass is 358 g/mol. The van der Waals surface area contributed by atoms with E-state index in [1.807, 2.05) is 24.6 Å².